The third-order valence-electron chi connectivity index (χ3n) is 1.50. The van der Waals surface area contributed by atoms with Crippen molar-refractivity contribution in [2.45, 2.75) is 6.92 Å². The predicted octanol–water partition coefficient (Wildman–Crippen LogP) is 1.19. The van der Waals surface area contributed by atoms with E-state index in [1.807, 2.05) is 0 Å². The lowest BCUT2D eigenvalue weighted by Gasteiger charge is -2.02. The average Bonchev–Trinajstić information content (AvgIpc) is 2.66. The number of carbonyl (C=O) groups is 2. The van der Waals surface area contributed by atoms with Gasteiger partial charge in [0.1, 0.15) is 5.88 Å². The highest BCUT2D eigenvalue weighted by Crippen LogP contribution is 2.10. The summed E-state index contributed by atoms with van der Waals surface area (Å²) in [4.78, 5) is 28.6. The molecule has 0 radical (unpaired) electrons. The lowest BCUT2D eigenvalue weighted by molar-refractivity contribution is -0.113. The van der Waals surface area contributed by atoms with Crippen LogP contribution in [0, 0.1) is 0 Å². The number of ether oxygens (including phenoxy) is 1. The number of aromatic nitrogens is 2. The van der Waals surface area contributed by atoms with Crippen LogP contribution in [-0.2, 0) is 9.53 Å². The molecule has 0 aliphatic rings. The molecule has 0 unspecified atom stereocenters. The van der Waals surface area contributed by atoms with E-state index >= 15 is 0 Å². The highest BCUT2D eigenvalue weighted by atomic mass is 35.5. The number of nitrogens with one attached hydrogen (secondary N) is 2. The van der Waals surface area contributed by atoms with Crippen molar-refractivity contribution in [3.63, 3.8) is 0 Å². The second-order valence-electron chi connectivity index (χ2n) is 2.53. The van der Waals surface area contributed by atoms with Crippen LogP contribution < -0.4 is 5.32 Å². The van der Waals surface area contributed by atoms with Gasteiger partial charge in [0.2, 0.25) is 5.91 Å². The Morgan fingerprint density at radius 2 is 2.31 bits per heavy atom. The molecule has 0 saturated heterocycles. The Kier molecular flexibility index (Phi) is 6.52. The number of rotatable bonds is 4. The van der Waals surface area contributed by atoms with Crippen molar-refractivity contribution in [3.05, 3.63) is 12.0 Å². The Bertz CT molecular complexity index is 367. The molecule has 2 N–H and O–H groups in total. The van der Waals surface area contributed by atoms with Crippen molar-refractivity contribution in [2.75, 3.05) is 17.8 Å². The summed E-state index contributed by atoms with van der Waals surface area (Å²) >= 11 is 5.30. The molecular formula is C8H11Cl2N3O3. The Morgan fingerprint density at radius 1 is 1.62 bits per heavy atom. The van der Waals surface area contributed by atoms with Gasteiger partial charge in [0.05, 0.1) is 12.9 Å². The average molecular weight is 268 g/mol. The van der Waals surface area contributed by atoms with Crippen LogP contribution >= 0.6 is 24.0 Å². The van der Waals surface area contributed by atoms with Crippen LogP contribution in [0.4, 0.5) is 5.82 Å². The Hall–Kier alpha value is -1.27. The van der Waals surface area contributed by atoms with Crippen molar-refractivity contribution in [1.82, 2.24) is 9.97 Å². The van der Waals surface area contributed by atoms with E-state index in [9.17, 15) is 9.59 Å². The Morgan fingerprint density at radius 3 is 2.88 bits per heavy atom. The number of nitrogens with zero attached hydrogens (tertiary/aromatic N) is 1. The van der Waals surface area contributed by atoms with E-state index in [2.05, 4.69) is 15.3 Å². The lowest BCUT2D eigenvalue weighted by Crippen LogP contribution is -2.16. The van der Waals surface area contributed by atoms with E-state index in [4.69, 9.17) is 16.3 Å². The zero-order valence-electron chi connectivity index (χ0n) is 8.45. The summed E-state index contributed by atoms with van der Waals surface area (Å²) in [6, 6.07) is 0. The summed E-state index contributed by atoms with van der Waals surface area (Å²) in [5.74, 6) is -1.08. The number of esters is 1. The minimum Gasteiger partial charge on any atom is -0.461 e. The number of H-pyrrole nitrogens is 1. The first-order chi connectivity index (χ1) is 7.19. The van der Waals surface area contributed by atoms with Crippen molar-refractivity contribution >= 4 is 41.7 Å². The van der Waals surface area contributed by atoms with Gasteiger partial charge in [0.15, 0.2) is 11.5 Å². The quantitative estimate of drug-likeness (QED) is 0.634. The standard InChI is InChI=1S/C8H10ClN3O3.ClH/c1-2-15-8(14)6-7(11-4-10-6)12-5(13)3-9;/h4H,2-3H2,1H3,(H,10,11)(H,12,13);1H. The first-order valence-electron chi connectivity index (χ1n) is 4.25. The summed E-state index contributed by atoms with van der Waals surface area (Å²) in [5, 5.41) is 2.37. The molecule has 0 fully saturated rings. The van der Waals surface area contributed by atoms with E-state index in [-0.39, 0.29) is 36.4 Å². The number of amides is 1. The topological polar surface area (TPSA) is 84.1 Å². The number of anilines is 1. The van der Waals surface area contributed by atoms with E-state index in [1.54, 1.807) is 6.92 Å². The molecular weight excluding hydrogens is 257 g/mol. The molecule has 0 saturated carbocycles. The van der Waals surface area contributed by atoms with Gasteiger partial charge in [0, 0.05) is 0 Å². The maximum absolute atomic E-state index is 11.3. The number of alkyl halides is 1. The molecule has 0 aromatic carbocycles. The van der Waals surface area contributed by atoms with Crippen LogP contribution in [-0.4, -0.2) is 34.3 Å². The van der Waals surface area contributed by atoms with Crippen molar-refractivity contribution in [2.24, 2.45) is 0 Å². The minimum atomic E-state index is -0.570. The van der Waals surface area contributed by atoms with Gasteiger partial charge in [-0.3, -0.25) is 4.79 Å². The highest BCUT2D eigenvalue weighted by molar-refractivity contribution is 6.29. The summed E-state index contributed by atoms with van der Waals surface area (Å²) in [6.07, 6.45) is 1.29. The van der Waals surface area contributed by atoms with E-state index in [1.165, 1.54) is 6.33 Å². The Balaban J connectivity index is 0.00000225. The zero-order chi connectivity index (χ0) is 11.3. The van der Waals surface area contributed by atoms with Gasteiger partial charge in [-0.1, -0.05) is 0 Å². The largest absolute Gasteiger partial charge is 0.461 e. The molecule has 1 aromatic heterocycles. The van der Waals surface area contributed by atoms with Crippen LogP contribution in [0.25, 0.3) is 0 Å². The number of carbonyl (C=O) groups excluding carboxylic acids is 2. The summed E-state index contributed by atoms with van der Waals surface area (Å²) in [5.41, 5.74) is 0.107. The first kappa shape index (κ1) is 14.7. The second kappa shape index (κ2) is 7.08. The second-order valence-corrected chi connectivity index (χ2v) is 2.80. The minimum absolute atomic E-state index is 0. The maximum Gasteiger partial charge on any atom is 0.358 e. The highest BCUT2D eigenvalue weighted by Gasteiger charge is 2.16. The van der Waals surface area contributed by atoms with Gasteiger partial charge < -0.3 is 15.0 Å². The number of halogens is 2. The molecule has 0 spiro atoms. The summed E-state index contributed by atoms with van der Waals surface area (Å²) in [6.45, 7) is 1.94. The van der Waals surface area contributed by atoms with E-state index < -0.39 is 11.9 Å². The SMILES string of the molecule is CCOC(=O)c1[nH]cnc1NC(=O)CCl.Cl. The fourth-order valence-electron chi connectivity index (χ4n) is 0.913. The number of imidazole rings is 1. The van der Waals surface area contributed by atoms with Crippen LogP contribution in [0.5, 0.6) is 0 Å². The summed E-state index contributed by atoms with van der Waals surface area (Å²) in [7, 11) is 0. The van der Waals surface area contributed by atoms with Crippen molar-refractivity contribution < 1.29 is 14.3 Å². The predicted molar refractivity (Wildman–Crippen MR) is 61.1 cm³/mol. The normalized spacial score (nSPS) is 9.12. The molecule has 0 bridgehead atoms. The van der Waals surface area contributed by atoms with Gasteiger partial charge >= 0.3 is 5.97 Å². The Labute approximate surface area is 103 Å². The fraction of sp³-hybridized carbons (Fsp3) is 0.375. The zero-order valence-corrected chi connectivity index (χ0v) is 10.0. The maximum atomic E-state index is 11.3. The smallest absolute Gasteiger partial charge is 0.358 e. The van der Waals surface area contributed by atoms with Crippen molar-refractivity contribution in [3.8, 4) is 0 Å². The van der Waals surface area contributed by atoms with Gasteiger partial charge in [0.25, 0.3) is 0 Å². The van der Waals surface area contributed by atoms with Gasteiger partial charge in [-0.2, -0.15) is 0 Å². The molecule has 1 heterocycles. The number of hydrogen-bond donors (Lipinski definition) is 2. The van der Waals surface area contributed by atoms with Crippen molar-refractivity contribution in [1.29, 1.82) is 0 Å². The first-order valence-corrected chi connectivity index (χ1v) is 4.78. The van der Waals surface area contributed by atoms with Crippen LogP contribution in [0.1, 0.15) is 17.4 Å². The van der Waals surface area contributed by atoms with E-state index in [0.29, 0.717) is 0 Å². The third-order valence-corrected chi connectivity index (χ3v) is 1.74. The van der Waals surface area contributed by atoms with Crippen LogP contribution in [0.15, 0.2) is 6.33 Å². The fourth-order valence-corrected chi connectivity index (χ4v) is 0.980. The molecule has 0 atom stereocenters. The van der Waals surface area contributed by atoms with Crippen LogP contribution in [0.2, 0.25) is 0 Å². The third kappa shape index (κ3) is 3.71. The van der Waals surface area contributed by atoms with Crippen LogP contribution in [0.3, 0.4) is 0 Å². The van der Waals surface area contributed by atoms with E-state index in [0.717, 1.165) is 0 Å². The van der Waals surface area contributed by atoms with Gasteiger partial charge in [-0.05, 0) is 6.92 Å². The molecule has 1 amide bonds. The molecule has 1 rings (SSSR count). The lowest BCUT2D eigenvalue weighted by atomic mass is 10.4. The summed E-state index contributed by atoms with van der Waals surface area (Å²) < 4.78 is 4.75. The monoisotopic (exact) mass is 267 g/mol. The molecule has 0 aliphatic carbocycles. The number of aromatic amines is 1. The number of hydrogen-bond acceptors (Lipinski definition) is 4. The van der Waals surface area contributed by atoms with Gasteiger partial charge in [-0.15, -0.1) is 24.0 Å². The van der Waals surface area contributed by atoms with Gasteiger partial charge in [-0.25, -0.2) is 9.78 Å². The molecule has 8 heteroatoms. The molecule has 90 valence electrons. The molecule has 6 nitrogen and oxygen atoms in total. The molecule has 1 aromatic rings. The molecule has 16 heavy (non-hydrogen) atoms. The molecule has 0 aliphatic heterocycles.